The van der Waals surface area contributed by atoms with Crippen molar-refractivity contribution in [3.63, 3.8) is 0 Å². The predicted octanol–water partition coefficient (Wildman–Crippen LogP) is 4.31. The molecule has 5 nitrogen and oxygen atoms in total. The summed E-state index contributed by atoms with van der Waals surface area (Å²) in [6, 6.07) is 23.9. The zero-order valence-corrected chi connectivity index (χ0v) is 17.6. The smallest absolute Gasteiger partial charge is 0.254 e. The fraction of sp³-hybridized carbons (Fsp3) is 0.222. The van der Waals surface area contributed by atoms with Gasteiger partial charge in [-0.25, -0.2) is 0 Å². The average Bonchev–Trinajstić information content (AvgIpc) is 3.09. The number of imide groups is 1. The maximum absolute atomic E-state index is 13.6. The van der Waals surface area contributed by atoms with Crippen LogP contribution in [-0.2, 0) is 9.59 Å². The van der Waals surface area contributed by atoms with Crippen LogP contribution in [0.1, 0.15) is 46.6 Å². The predicted molar refractivity (Wildman–Crippen MR) is 121 cm³/mol. The van der Waals surface area contributed by atoms with Gasteiger partial charge < -0.3 is 4.74 Å². The number of benzene rings is 3. The highest BCUT2D eigenvalue weighted by atomic mass is 16.5. The van der Waals surface area contributed by atoms with E-state index in [0.29, 0.717) is 12.4 Å². The molecule has 2 bridgehead atoms. The maximum atomic E-state index is 13.6. The van der Waals surface area contributed by atoms with E-state index >= 15 is 0 Å². The van der Waals surface area contributed by atoms with Crippen LogP contribution >= 0.6 is 0 Å². The molecule has 0 N–H and O–H groups in total. The van der Waals surface area contributed by atoms with E-state index in [9.17, 15) is 9.59 Å². The van der Waals surface area contributed by atoms with E-state index in [0.717, 1.165) is 32.8 Å². The first-order valence-corrected chi connectivity index (χ1v) is 11.0. The summed E-state index contributed by atoms with van der Waals surface area (Å²) in [7, 11) is 0. The second kappa shape index (κ2) is 7.16. The summed E-state index contributed by atoms with van der Waals surface area (Å²) in [5.41, 5.74) is 5.37. The minimum Gasteiger partial charge on any atom is -0.493 e. The standard InChI is InChI=1S/C27H22N2O3/c1-2-32-21-14-8-3-9-16(21)15-28-29-26(30)24-22-17-10-4-5-11-18(17)23(25(24)27(29)31)20-13-7-6-12-19(20)22/h3-15,22-25H,2H2,1H3/b28-15-/t22?,23?,24-,25+. The molecule has 1 saturated heterocycles. The topological polar surface area (TPSA) is 59.0 Å². The Balaban J connectivity index is 1.42. The first kappa shape index (κ1) is 19.0. The van der Waals surface area contributed by atoms with Gasteiger partial charge in [0.1, 0.15) is 5.75 Å². The van der Waals surface area contributed by atoms with Crippen LogP contribution in [0.2, 0.25) is 0 Å². The first-order valence-electron chi connectivity index (χ1n) is 11.0. The molecule has 2 amide bonds. The summed E-state index contributed by atoms with van der Waals surface area (Å²) in [6.07, 6.45) is 1.56. The number of para-hydroxylation sites is 1. The van der Waals surface area contributed by atoms with Gasteiger partial charge in [0.2, 0.25) is 0 Å². The minimum atomic E-state index is -0.420. The molecule has 4 aliphatic rings. The number of hydrogen-bond acceptors (Lipinski definition) is 4. The molecule has 0 aromatic heterocycles. The molecule has 2 atom stereocenters. The number of ether oxygens (including phenoxy) is 1. The number of rotatable bonds is 4. The molecule has 3 aromatic carbocycles. The molecular formula is C27H22N2O3. The first-order chi connectivity index (χ1) is 15.7. The zero-order chi connectivity index (χ0) is 21.8. The van der Waals surface area contributed by atoms with Crippen molar-refractivity contribution in [1.29, 1.82) is 0 Å². The van der Waals surface area contributed by atoms with Gasteiger partial charge in [-0.05, 0) is 41.3 Å². The highest BCUT2D eigenvalue weighted by Gasteiger charge is 2.61. The van der Waals surface area contributed by atoms with Gasteiger partial charge in [-0.2, -0.15) is 10.1 Å². The van der Waals surface area contributed by atoms with Gasteiger partial charge in [0.25, 0.3) is 11.8 Å². The molecule has 32 heavy (non-hydrogen) atoms. The Labute approximate surface area is 186 Å². The van der Waals surface area contributed by atoms with Crippen LogP contribution in [0.4, 0.5) is 0 Å². The van der Waals surface area contributed by atoms with Crippen LogP contribution in [0.15, 0.2) is 77.9 Å². The SMILES string of the molecule is CCOc1ccccc1/C=N\N1C(=O)[C@@H]2C3c4ccccc4C(c4ccccc43)[C@@H]2C1=O. The van der Waals surface area contributed by atoms with Crippen LogP contribution in [0.25, 0.3) is 0 Å². The molecule has 0 unspecified atom stereocenters. The average molecular weight is 422 g/mol. The van der Waals surface area contributed by atoms with E-state index in [1.807, 2.05) is 55.5 Å². The Morgan fingerprint density at radius 1 is 0.781 bits per heavy atom. The van der Waals surface area contributed by atoms with Crippen molar-refractivity contribution in [2.75, 3.05) is 6.61 Å². The van der Waals surface area contributed by atoms with Crippen molar-refractivity contribution in [1.82, 2.24) is 5.01 Å². The third-order valence-corrected chi connectivity index (χ3v) is 6.96. The molecule has 1 heterocycles. The number of nitrogens with zero attached hydrogens (tertiary/aromatic N) is 2. The number of carbonyl (C=O) groups excluding carboxylic acids is 2. The van der Waals surface area contributed by atoms with Gasteiger partial charge in [-0.1, -0.05) is 60.7 Å². The van der Waals surface area contributed by atoms with Gasteiger partial charge in [-0.15, -0.1) is 0 Å². The Hall–Kier alpha value is -3.73. The summed E-state index contributed by atoms with van der Waals surface area (Å²) in [4.78, 5) is 27.1. The van der Waals surface area contributed by atoms with Crippen molar-refractivity contribution in [3.8, 4) is 5.75 Å². The number of hydrogen-bond donors (Lipinski definition) is 0. The van der Waals surface area contributed by atoms with Gasteiger partial charge in [0.15, 0.2) is 0 Å². The lowest BCUT2D eigenvalue weighted by Gasteiger charge is -2.45. The largest absolute Gasteiger partial charge is 0.493 e. The lowest BCUT2D eigenvalue weighted by Crippen LogP contribution is -2.41. The normalized spacial score (nSPS) is 25.1. The molecule has 0 radical (unpaired) electrons. The van der Waals surface area contributed by atoms with Gasteiger partial charge in [0.05, 0.1) is 24.7 Å². The van der Waals surface area contributed by atoms with Crippen LogP contribution < -0.4 is 4.74 Å². The van der Waals surface area contributed by atoms with Crippen LogP contribution in [0.3, 0.4) is 0 Å². The summed E-state index contributed by atoms with van der Waals surface area (Å²) >= 11 is 0. The number of amides is 2. The van der Waals surface area contributed by atoms with Crippen LogP contribution in [-0.4, -0.2) is 29.6 Å². The minimum absolute atomic E-state index is 0.121. The molecule has 0 saturated carbocycles. The van der Waals surface area contributed by atoms with Crippen molar-refractivity contribution in [3.05, 3.63) is 101 Å². The third-order valence-electron chi connectivity index (χ3n) is 6.96. The Bertz CT molecular complexity index is 1170. The zero-order valence-electron chi connectivity index (χ0n) is 17.6. The second-order valence-corrected chi connectivity index (χ2v) is 8.47. The van der Waals surface area contributed by atoms with Gasteiger partial charge in [-0.3, -0.25) is 9.59 Å². The Morgan fingerprint density at radius 2 is 1.25 bits per heavy atom. The number of hydrazone groups is 1. The van der Waals surface area contributed by atoms with Crippen LogP contribution in [0, 0.1) is 11.8 Å². The van der Waals surface area contributed by atoms with Crippen LogP contribution in [0.5, 0.6) is 5.75 Å². The summed E-state index contributed by atoms with van der Waals surface area (Å²) in [5.74, 6) is -0.842. The van der Waals surface area contributed by atoms with E-state index in [-0.39, 0.29) is 23.7 Å². The molecule has 158 valence electrons. The van der Waals surface area contributed by atoms with E-state index in [1.165, 1.54) is 0 Å². The number of carbonyl (C=O) groups is 2. The summed E-state index contributed by atoms with van der Waals surface area (Å²) < 4.78 is 5.65. The highest BCUT2D eigenvalue weighted by Crippen LogP contribution is 2.60. The van der Waals surface area contributed by atoms with Gasteiger partial charge >= 0.3 is 0 Å². The van der Waals surface area contributed by atoms with Crippen molar-refractivity contribution < 1.29 is 14.3 Å². The van der Waals surface area contributed by atoms with E-state index in [2.05, 4.69) is 29.4 Å². The molecular weight excluding hydrogens is 400 g/mol. The summed E-state index contributed by atoms with van der Waals surface area (Å²) in [5, 5.41) is 5.47. The maximum Gasteiger partial charge on any atom is 0.254 e. The van der Waals surface area contributed by atoms with Crippen molar-refractivity contribution in [2.24, 2.45) is 16.9 Å². The molecule has 1 fully saturated rings. The molecule has 5 heteroatoms. The third kappa shape index (κ3) is 2.54. The van der Waals surface area contributed by atoms with E-state index in [1.54, 1.807) is 6.21 Å². The fourth-order valence-corrected chi connectivity index (χ4v) is 5.77. The fourth-order valence-electron chi connectivity index (χ4n) is 5.77. The second-order valence-electron chi connectivity index (χ2n) is 8.47. The Kier molecular flexibility index (Phi) is 4.25. The van der Waals surface area contributed by atoms with Crippen molar-refractivity contribution >= 4 is 18.0 Å². The van der Waals surface area contributed by atoms with E-state index in [4.69, 9.17) is 4.74 Å². The molecule has 7 rings (SSSR count). The highest BCUT2D eigenvalue weighted by molar-refractivity contribution is 6.08. The molecule has 0 spiro atoms. The van der Waals surface area contributed by atoms with Gasteiger partial charge in [0, 0.05) is 17.4 Å². The quantitative estimate of drug-likeness (QED) is 0.465. The van der Waals surface area contributed by atoms with E-state index < -0.39 is 11.8 Å². The molecule has 3 aliphatic carbocycles. The molecule has 3 aromatic rings. The Morgan fingerprint density at radius 3 is 1.75 bits per heavy atom. The monoisotopic (exact) mass is 422 g/mol. The lowest BCUT2D eigenvalue weighted by molar-refractivity contribution is -0.139. The van der Waals surface area contributed by atoms with Crippen molar-refractivity contribution in [2.45, 2.75) is 18.8 Å². The lowest BCUT2D eigenvalue weighted by atomic mass is 9.55. The summed E-state index contributed by atoms with van der Waals surface area (Å²) in [6.45, 7) is 2.44. The molecule has 1 aliphatic heterocycles.